The van der Waals surface area contributed by atoms with Crippen LogP contribution in [0.15, 0.2) is 11.6 Å². The molecule has 0 radical (unpaired) electrons. The predicted molar refractivity (Wildman–Crippen MR) is 61.6 cm³/mol. The molecule has 0 aromatic heterocycles. The summed E-state index contributed by atoms with van der Waals surface area (Å²) < 4.78 is 0.493. The Balaban J connectivity index is 4.74. The average molecular weight is 243 g/mol. The maximum absolute atomic E-state index is 12.0. The van der Waals surface area contributed by atoms with E-state index in [2.05, 4.69) is 20.8 Å². The Labute approximate surface area is 85.0 Å². The SMILES string of the molecule is C[CH2][Ge]([CH2]C)([CH2]C)[C](=O)C=C(C)C. The van der Waals surface area contributed by atoms with Gasteiger partial charge in [0, 0.05) is 0 Å². The molecule has 0 bridgehead atoms. The van der Waals surface area contributed by atoms with Crippen molar-refractivity contribution in [2.24, 2.45) is 0 Å². The quantitative estimate of drug-likeness (QED) is 0.532. The van der Waals surface area contributed by atoms with Crippen molar-refractivity contribution in [1.82, 2.24) is 0 Å². The van der Waals surface area contributed by atoms with E-state index < -0.39 is 13.3 Å². The van der Waals surface area contributed by atoms with Crippen LogP contribution in [0.5, 0.6) is 0 Å². The second-order valence-electron chi connectivity index (χ2n) is 3.93. The van der Waals surface area contributed by atoms with Crippen molar-refractivity contribution < 1.29 is 4.79 Å². The molecule has 76 valence electrons. The minimum atomic E-state index is -2.12. The van der Waals surface area contributed by atoms with Crippen molar-refractivity contribution in [3.05, 3.63) is 11.6 Å². The molecule has 13 heavy (non-hydrogen) atoms. The van der Waals surface area contributed by atoms with Gasteiger partial charge in [0.05, 0.1) is 0 Å². The van der Waals surface area contributed by atoms with Gasteiger partial charge in [-0.25, -0.2) is 0 Å². The number of hydrogen-bond acceptors (Lipinski definition) is 1. The molecule has 0 N–H and O–H groups in total. The fourth-order valence-corrected chi connectivity index (χ4v) is 8.28. The van der Waals surface area contributed by atoms with Gasteiger partial charge in [-0.05, 0) is 0 Å². The Morgan fingerprint density at radius 1 is 1.08 bits per heavy atom. The van der Waals surface area contributed by atoms with E-state index in [0.29, 0.717) is 4.62 Å². The molecular formula is C11H22GeO. The third kappa shape index (κ3) is 3.30. The van der Waals surface area contributed by atoms with Gasteiger partial charge in [0.2, 0.25) is 0 Å². The van der Waals surface area contributed by atoms with Crippen molar-refractivity contribution in [2.45, 2.75) is 50.4 Å². The minimum absolute atomic E-state index is 0.493. The van der Waals surface area contributed by atoms with E-state index in [-0.39, 0.29) is 0 Å². The van der Waals surface area contributed by atoms with Crippen molar-refractivity contribution in [1.29, 1.82) is 0 Å². The van der Waals surface area contributed by atoms with Gasteiger partial charge >= 0.3 is 84.7 Å². The van der Waals surface area contributed by atoms with E-state index in [1.165, 1.54) is 0 Å². The van der Waals surface area contributed by atoms with Crippen LogP contribution in [0.3, 0.4) is 0 Å². The third-order valence-corrected chi connectivity index (χ3v) is 14.0. The zero-order chi connectivity index (χ0) is 10.5. The molecule has 0 heterocycles. The van der Waals surface area contributed by atoms with E-state index in [4.69, 9.17) is 0 Å². The Hall–Kier alpha value is -0.0471. The van der Waals surface area contributed by atoms with Crippen molar-refractivity contribution in [3.8, 4) is 0 Å². The predicted octanol–water partition coefficient (Wildman–Crippen LogP) is 3.57. The van der Waals surface area contributed by atoms with Gasteiger partial charge in [0.15, 0.2) is 0 Å². The number of rotatable bonds is 5. The summed E-state index contributed by atoms with van der Waals surface area (Å²) in [4.78, 5) is 12.0. The van der Waals surface area contributed by atoms with Gasteiger partial charge in [-0.15, -0.1) is 0 Å². The molecule has 0 fully saturated rings. The number of carbonyl (C=O) groups excluding carboxylic acids is 1. The first-order chi connectivity index (χ1) is 6.02. The number of hydrogen-bond donors (Lipinski definition) is 0. The van der Waals surface area contributed by atoms with Crippen LogP contribution in [0.4, 0.5) is 0 Å². The van der Waals surface area contributed by atoms with Gasteiger partial charge < -0.3 is 0 Å². The van der Waals surface area contributed by atoms with Crippen LogP contribution in [-0.4, -0.2) is 17.9 Å². The molecule has 1 nitrogen and oxygen atoms in total. The van der Waals surface area contributed by atoms with Gasteiger partial charge in [-0.3, -0.25) is 0 Å². The van der Waals surface area contributed by atoms with Crippen molar-refractivity contribution in [2.75, 3.05) is 0 Å². The Kier molecular flexibility index (Phi) is 5.61. The van der Waals surface area contributed by atoms with Gasteiger partial charge in [-0.1, -0.05) is 0 Å². The fraction of sp³-hybridized carbons (Fsp3) is 0.727. The van der Waals surface area contributed by atoms with Crippen LogP contribution in [0.2, 0.25) is 15.8 Å². The standard InChI is InChI=1S/C11H22GeO/c1-6-12(7-2,8-3)11(13)9-10(4)5/h9H,6-8H2,1-5H3. The maximum atomic E-state index is 12.0. The van der Waals surface area contributed by atoms with Crippen LogP contribution in [0, 0.1) is 0 Å². The zero-order valence-corrected chi connectivity index (χ0v) is 11.7. The van der Waals surface area contributed by atoms with Crippen LogP contribution < -0.4 is 0 Å². The first kappa shape index (κ1) is 13.0. The molecule has 0 aliphatic rings. The van der Waals surface area contributed by atoms with Crippen molar-refractivity contribution >= 4 is 17.9 Å². The second-order valence-corrected chi connectivity index (χ2v) is 14.8. The Morgan fingerprint density at radius 3 is 1.69 bits per heavy atom. The van der Waals surface area contributed by atoms with E-state index >= 15 is 0 Å². The van der Waals surface area contributed by atoms with E-state index in [0.717, 1.165) is 21.3 Å². The third-order valence-electron chi connectivity index (χ3n) is 2.97. The number of carbonyl (C=O) groups is 1. The fourth-order valence-electron chi connectivity index (χ4n) is 1.69. The second kappa shape index (κ2) is 5.63. The van der Waals surface area contributed by atoms with E-state index in [1.54, 1.807) is 0 Å². The van der Waals surface area contributed by atoms with Gasteiger partial charge in [0.1, 0.15) is 0 Å². The molecule has 0 saturated heterocycles. The van der Waals surface area contributed by atoms with Crippen LogP contribution >= 0.6 is 0 Å². The first-order valence-corrected chi connectivity index (χ1v) is 10.7. The van der Waals surface area contributed by atoms with E-state index in [9.17, 15) is 4.79 Å². The molecule has 0 aromatic rings. The summed E-state index contributed by atoms with van der Waals surface area (Å²) >= 11 is -2.12. The molecule has 0 aromatic carbocycles. The average Bonchev–Trinajstić information content (AvgIpc) is 2.07. The summed E-state index contributed by atoms with van der Waals surface area (Å²) in [5.41, 5.74) is 1.15. The van der Waals surface area contributed by atoms with E-state index in [1.807, 2.05) is 19.9 Å². The molecule has 0 aliphatic carbocycles. The summed E-state index contributed by atoms with van der Waals surface area (Å²) in [6.07, 6.45) is 1.87. The molecule has 0 spiro atoms. The summed E-state index contributed by atoms with van der Waals surface area (Å²) in [5.74, 6) is 0. The summed E-state index contributed by atoms with van der Waals surface area (Å²) in [6.45, 7) is 10.6. The summed E-state index contributed by atoms with van der Waals surface area (Å²) in [7, 11) is 0. The molecule has 2 heteroatoms. The molecular weight excluding hydrogens is 221 g/mol. The summed E-state index contributed by atoms with van der Waals surface area (Å²) in [6, 6.07) is 0. The normalized spacial score (nSPS) is 11.2. The van der Waals surface area contributed by atoms with Crippen LogP contribution in [0.1, 0.15) is 34.6 Å². The van der Waals surface area contributed by atoms with Gasteiger partial charge in [-0.2, -0.15) is 0 Å². The Bertz CT molecular complexity index is 190. The first-order valence-electron chi connectivity index (χ1n) is 5.21. The molecule has 0 atom stereocenters. The molecule has 0 aliphatic heterocycles. The Morgan fingerprint density at radius 2 is 1.46 bits per heavy atom. The number of allylic oxidation sites excluding steroid dienone is 2. The molecule has 0 amide bonds. The van der Waals surface area contributed by atoms with Gasteiger partial charge in [0.25, 0.3) is 0 Å². The molecule has 0 unspecified atom stereocenters. The zero-order valence-electron chi connectivity index (χ0n) is 9.61. The molecule has 0 saturated carbocycles. The van der Waals surface area contributed by atoms with Crippen LogP contribution in [-0.2, 0) is 4.79 Å². The molecule has 0 rings (SSSR count). The topological polar surface area (TPSA) is 17.1 Å². The van der Waals surface area contributed by atoms with Crippen LogP contribution in [0.25, 0.3) is 0 Å². The van der Waals surface area contributed by atoms with Crippen molar-refractivity contribution in [3.63, 3.8) is 0 Å². The monoisotopic (exact) mass is 244 g/mol. The summed E-state index contributed by atoms with van der Waals surface area (Å²) in [5, 5.41) is 3.40.